The van der Waals surface area contributed by atoms with E-state index in [0.29, 0.717) is 17.2 Å². The minimum atomic E-state index is -0.449. The summed E-state index contributed by atoms with van der Waals surface area (Å²) in [5, 5.41) is 4.45. The third-order valence-corrected chi connectivity index (χ3v) is 3.13. The average Bonchev–Trinajstić information content (AvgIpc) is 2.67. The third kappa shape index (κ3) is 3.54. The zero-order chi connectivity index (χ0) is 12.8. The van der Waals surface area contributed by atoms with Crippen molar-refractivity contribution in [3.63, 3.8) is 0 Å². The summed E-state index contributed by atoms with van der Waals surface area (Å²) in [5.41, 5.74) is 1.34. The predicted molar refractivity (Wildman–Crippen MR) is 65.5 cm³/mol. The number of methoxy groups -OCH3 is 1. The highest BCUT2D eigenvalue weighted by Gasteiger charge is 2.18. The molecular formula is C11H15NO4S. The first-order valence-electron chi connectivity index (χ1n) is 5.14. The summed E-state index contributed by atoms with van der Waals surface area (Å²) in [7, 11) is 1.31. The van der Waals surface area contributed by atoms with Crippen molar-refractivity contribution < 1.29 is 19.1 Å². The lowest BCUT2D eigenvalue weighted by atomic mass is 10.2. The molecule has 1 rings (SSSR count). The number of hydrogen-bond acceptors (Lipinski definition) is 5. The summed E-state index contributed by atoms with van der Waals surface area (Å²) in [4.78, 5) is 23.3. The van der Waals surface area contributed by atoms with Gasteiger partial charge < -0.3 is 14.8 Å². The molecule has 0 fully saturated rings. The molecule has 0 saturated carbocycles. The van der Waals surface area contributed by atoms with Crippen LogP contribution in [0, 0.1) is 6.92 Å². The summed E-state index contributed by atoms with van der Waals surface area (Å²) >= 11 is 1.24. The maximum absolute atomic E-state index is 11.5. The molecular weight excluding hydrogens is 242 g/mol. The van der Waals surface area contributed by atoms with E-state index in [2.05, 4.69) is 10.1 Å². The molecule has 17 heavy (non-hydrogen) atoms. The van der Waals surface area contributed by atoms with Crippen molar-refractivity contribution in [1.29, 1.82) is 0 Å². The highest BCUT2D eigenvalue weighted by Crippen LogP contribution is 2.28. The summed E-state index contributed by atoms with van der Waals surface area (Å²) in [6, 6.07) is 0. The summed E-state index contributed by atoms with van der Waals surface area (Å²) in [6.07, 6.45) is 0. The van der Waals surface area contributed by atoms with Crippen molar-refractivity contribution in [1.82, 2.24) is 0 Å². The van der Waals surface area contributed by atoms with Gasteiger partial charge in [-0.15, -0.1) is 11.3 Å². The van der Waals surface area contributed by atoms with Crippen LogP contribution < -0.4 is 5.32 Å². The van der Waals surface area contributed by atoms with Gasteiger partial charge in [-0.2, -0.15) is 0 Å². The molecule has 0 spiro atoms. The average molecular weight is 257 g/mol. The lowest BCUT2D eigenvalue weighted by Gasteiger charge is -2.07. The van der Waals surface area contributed by atoms with Gasteiger partial charge in [-0.1, -0.05) is 0 Å². The van der Waals surface area contributed by atoms with Gasteiger partial charge in [-0.05, 0) is 24.8 Å². The van der Waals surface area contributed by atoms with Crippen molar-refractivity contribution in [2.24, 2.45) is 0 Å². The van der Waals surface area contributed by atoms with Gasteiger partial charge in [0.05, 0.1) is 12.8 Å². The van der Waals surface area contributed by atoms with Crippen molar-refractivity contribution in [2.75, 3.05) is 25.6 Å². The van der Waals surface area contributed by atoms with Gasteiger partial charge in [-0.3, -0.25) is 4.79 Å². The summed E-state index contributed by atoms with van der Waals surface area (Å²) < 4.78 is 9.63. The van der Waals surface area contributed by atoms with Crippen LogP contribution in [0.25, 0.3) is 0 Å². The molecule has 1 N–H and O–H groups in total. The predicted octanol–water partition coefficient (Wildman–Crippen LogP) is 1.82. The first-order valence-corrected chi connectivity index (χ1v) is 6.02. The van der Waals surface area contributed by atoms with E-state index in [1.165, 1.54) is 18.4 Å². The highest BCUT2D eigenvalue weighted by molar-refractivity contribution is 7.12. The number of rotatable bonds is 5. The normalized spacial score (nSPS) is 10.1. The molecule has 0 unspecified atom stereocenters. The monoisotopic (exact) mass is 257 g/mol. The SMILES string of the molecule is CCOCC(=O)Nc1c(C)csc1C(=O)OC. The number of aryl methyl sites for hydroxylation is 1. The Hall–Kier alpha value is -1.40. The van der Waals surface area contributed by atoms with Gasteiger partial charge in [0.2, 0.25) is 5.91 Å². The number of ether oxygens (including phenoxy) is 2. The molecule has 0 saturated heterocycles. The van der Waals surface area contributed by atoms with E-state index < -0.39 is 5.97 Å². The largest absolute Gasteiger partial charge is 0.465 e. The van der Waals surface area contributed by atoms with Crippen LogP contribution in [-0.4, -0.2) is 32.2 Å². The lowest BCUT2D eigenvalue weighted by molar-refractivity contribution is -0.120. The topological polar surface area (TPSA) is 64.6 Å². The standard InChI is InChI=1S/C11H15NO4S/c1-4-16-5-8(13)12-9-7(2)6-17-10(9)11(14)15-3/h6H,4-5H2,1-3H3,(H,12,13). The molecule has 1 aromatic heterocycles. The van der Waals surface area contributed by atoms with E-state index in [1.54, 1.807) is 5.38 Å². The van der Waals surface area contributed by atoms with Gasteiger partial charge in [0.1, 0.15) is 11.5 Å². The number of nitrogens with one attached hydrogen (secondary N) is 1. The van der Waals surface area contributed by atoms with E-state index in [4.69, 9.17) is 4.74 Å². The highest BCUT2D eigenvalue weighted by atomic mass is 32.1. The maximum Gasteiger partial charge on any atom is 0.350 e. The molecule has 0 radical (unpaired) electrons. The zero-order valence-corrected chi connectivity index (χ0v) is 10.8. The molecule has 1 aromatic rings. The quantitative estimate of drug-likeness (QED) is 0.817. The molecule has 0 aliphatic heterocycles. The molecule has 0 aliphatic rings. The van der Waals surface area contributed by atoms with Crippen molar-refractivity contribution in [3.05, 3.63) is 15.8 Å². The van der Waals surface area contributed by atoms with Crippen molar-refractivity contribution in [2.45, 2.75) is 13.8 Å². The van der Waals surface area contributed by atoms with E-state index in [9.17, 15) is 9.59 Å². The van der Waals surface area contributed by atoms with E-state index in [0.717, 1.165) is 5.56 Å². The molecule has 0 aromatic carbocycles. The minimum Gasteiger partial charge on any atom is -0.465 e. The Morgan fingerprint density at radius 3 is 2.76 bits per heavy atom. The van der Waals surface area contributed by atoms with Crippen LogP contribution in [0.5, 0.6) is 0 Å². The van der Waals surface area contributed by atoms with Gasteiger partial charge in [-0.25, -0.2) is 4.79 Å². The first kappa shape index (κ1) is 13.7. The minimum absolute atomic E-state index is 0.0214. The van der Waals surface area contributed by atoms with Crippen LogP contribution in [-0.2, 0) is 14.3 Å². The van der Waals surface area contributed by atoms with Gasteiger partial charge in [0.15, 0.2) is 0 Å². The molecule has 1 heterocycles. The summed E-state index contributed by atoms with van der Waals surface area (Å²) in [5.74, 6) is -0.728. The van der Waals surface area contributed by atoms with Gasteiger partial charge >= 0.3 is 5.97 Å². The van der Waals surface area contributed by atoms with E-state index >= 15 is 0 Å². The third-order valence-electron chi connectivity index (χ3n) is 2.05. The molecule has 5 nitrogen and oxygen atoms in total. The van der Waals surface area contributed by atoms with E-state index in [1.807, 2.05) is 13.8 Å². The molecule has 0 atom stereocenters. The van der Waals surface area contributed by atoms with E-state index in [-0.39, 0.29) is 12.5 Å². The Morgan fingerprint density at radius 1 is 1.47 bits per heavy atom. The second kappa shape index (κ2) is 6.36. The van der Waals surface area contributed by atoms with Crippen LogP contribution in [0.4, 0.5) is 5.69 Å². The fourth-order valence-corrected chi connectivity index (χ4v) is 2.13. The second-order valence-corrected chi connectivity index (χ2v) is 4.18. The Bertz CT molecular complexity index is 414. The molecule has 6 heteroatoms. The van der Waals surface area contributed by atoms with Crippen molar-refractivity contribution >= 4 is 28.9 Å². The number of hydrogen-bond donors (Lipinski definition) is 1. The smallest absolute Gasteiger partial charge is 0.350 e. The van der Waals surface area contributed by atoms with Gasteiger partial charge in [0, 0.05) is 6.61 Å². The Kier molecular flexibility index (Phi) is 5.11. The van der Waals surface area contributed by atoms with Crippen LogP contribution in [0.2, 0.25) is 0 Å². The maximum atomic E-state index is 11.5. The Balaban J connectivity index is 2.79. The number of anilines is 1. The van der Waals surface area contributed by atoms with Crippen LogP contribution >= 0.6 is 11.3 Å². The number of amides is 1. The molecule has 94 valence electrons. The van der Waals surface area contributed by atoms with Crippen LogP contribution in [0.15, 0.2) is 5.38 Å². The summed E-state index contributed by atoms with van der Waals surface area (Å²) in [6.45, 7) is 4.08. The molecule has 1 amide bonds. The van der Waals surface area contributed by atoms with Crippen LogP contribution in [0.3, 0.4) is 0 Å². The zero-order valence-electron chi connectivity index (χ0n) is 10.0. The molecule has 0 bridgehead atoms. The van der Waals surface area contributed by atoms with Gasteiger partial charge in [0.25, 0.3) is 0 Å². The van der Waals surface area contributed by atoms with Crippen molar-refractivity contribution in [3.8, 4) is 0 Å². The first-order chi connectivity index (χ1) is 8.10. The molecule has 0 aliphatic carbocycles. The second-order valence-electron chi connectivity index (χ2n) is 3.30. The number of esters is 1. The Labute approximate surface area is 104 Å². The fourth-order valence-electron chi connectivity index (χ4n) is 1.21. The van der Waals surface area contributed by atoms with Crippen LogP contribution in [0.1, 0.15) is 22.2 Å². The number of carbonyl (C=O) groups is 2. The number of thiophene rings is 1. The fraction of sp³-hybridized carbons (Fsp3) is 0.455. The Morgan fingerprint density at radius 2 is 2.18 bits per heavy atom. The lowest BCUT2D eigenvalue weighted by Crippen LogP contribution is -2.19. The number of carbonyl (C=O) groups excluding carboxylic acids is 2.